The van der Waals surface area contributed by atoms with Crippen molar-refractivity contribution in [2.75, 3.05) is 5.88 Å². The summed E-state index contributed by atoms with van der Waals surface area (Å²) in [6, 6.07) is 5.64. The van der Waals surface area contributed by atoms with Gasteiger partial charge in [-0.2, -0.15) is 0 Å². The van der Waals surface area contributed by atoms with Crippen molar-refractivity contribution in [3.8, 4) is 0 Å². The third-order valence-corrected chi connectivity index (χ3v) is 2.87. The van der Waals surface area contributed by atoms with Crippen LogP contribution in [0.25, 0.3) is 0 Å². The maximum Gasteiger partial charge on any atom is 0.0791 e. The molecule has 0 aliphatic rings. The summed E-state index contributed by atoms with van der Waals surface area (Å²) in [4.78, 5) is 0. The van der Waals surface area contributed by atoms with E-state index in [9.17, 15) is 5.11 Å². The second kappa shape index (κ2) is 5.59. The molecule has 0 aliphatic carbocycles. The first-order valence-electron chi connectivity index (χ1n) is 4.65. The van der Waals surface area contributed by atoms with Crippen LogP contribution in [-0.2, 0) is 0 Å². The molecule has 0 spiro atoms. The number of alkyl halides is 1. The van der Waals surface area contributed by atoms with Crippen LogP contribution >= 0.6 is 23.2 Å². The Morgan fingerprint density at radius 1 is 1.43 bits per heavy atom. The van der Waals surface area contributed by atoms with Gasteiger partial charge in [0.25, 0.3) is 0 Å². The van der Waals surface area contributed by atoms with Crippen molar-refractivity contribution in [2.24, 2.45) is 0 Å². The second-order valence-electron chi connectivity index (χ2n) is 3.36. The van der Waals surface area contributed by atoms with Gasteiger partial charge in [0.1, 0.15) is 0 Å². The molecule has 0 fully saturated rings. The zero-order valence-corrected chi connectivity index (χ0v) is 9.65. The lowest BCUT2D eigenvalue weighted by atomic mass is 10.0. The van der Waals surface area contributed by atoms with Crippen molar-refractivity contribution < 1.29 is 5.11 Å². The van der Waals surface area contributed by atoms with Gasteiger partial charge in [-0.25, -0.2) is 0 Å². The third-order valence-electron chi connectivity index (χ3n) is 2.19. The summed E-state index contributed by atoms with van der Waals surface area (Å²) in [7, 11) is 0. The molecule has 1 atom stereocenters. The van der Waals surface area contributed by atoms with Gasteiger partial charge in [0, 0.05) is 10.9 Å². The van der Waals surface area contributed by atoms with Crippen LogP contribution < -0.4 is 0 Å². The molecule has 0 heterocycles. The summed E-state index contributed by atoms with van der Waals surface area (Å²) in [5.41, 5.74) is 1.89. The monoisotopic (exact) mass is 232 g/mol. The lowest BCUT2D eigenvalue weighted by Gasteiger charge is -2.11. The molecular weight excluding hydrogens is 219 g/mol. The zero-order chi connectivity index (χ0) is 10.6. The molecule has 0 aromatic heterocycles. The van der Waals surface area contributed by atoms with Crippen LogP contribution in [-0.4, -0.2) is 11.0 Å². The molecule has 3 heteroatoms. The van der Waals surface area contributed by atoms with Gasteiger partial charge in [-0.05, 0) is 37.0 Å². The minimum atomic E-state index is -0.452. The molecule has 0 radical (unpaired) electrons. The van der Waals surface area contributed by atoms with Crippen molar-refractivity contribution >= 4 is 23.2 Å². The predicted octanol–water partition coefficient (Wildman–Crippen LogP) is 3.70. The Morgan fingerprint density at radius 2 is 2.14 bits per heavy atom. The number of hydrogen-bond donors (Lipinski definition) is 1. The highest BCUT2D eigenvalue weighted by molar-refractivity contribution is 6.31. The quantitative estimate of drug-likeness (QED) is 0.786. The number of halogens is 2. The first-order valence-corrected chi connectivity index (χ1v) is 5.56. The van der Waals surface area contributed by atoms with Gasteiger partial charge < -0.3 is 5.11 Å². The van der Waals surface area contributed by atoms with Crippen molar-refractivity contribution in [3.05, 3.63) is 34.3 Å². The number of aliphatic hydroxyl groups is 1. The Kier molecular flexibility index (Phi) is 4.73. The summed E-state index contributed by atoms with van der Waals surface area (Å²) >= 11 is 11.5. The lowest BCUT2D eigenvalue weighted by molar-refractivity contribution is 0.167. The number of aliphatic hydroxyl groups excluding tert-OH is 1. The van der Waals surface area contributed by atoms with E-state index >= 15 is 0 Å². The van der Waals surface area contributed by atoms with Crippen LogP contribution in [0.4, 0.5) is 0 Å². The van der Waals surface area contributed by atoms with Crippen molar-refractivity contribution in [1.29, 1.82) is 0 Å². The van der Waals surface area contributed by atoms with Gasteiger partial charge in [-0.3, -0.25) is 0 Å². The van der Waals surface area contributed by atoms with Crippen LogP contribution in [0, 0.1) is 6.92 Å². The second-order valence-corrected chi connectivity index (χ2v) is 4.14. The van der Waals surface area contributed by atoms with E-state index < -0.39 is 6.10 Å². The number of benzene rings is 1. The molecule has 0 saturated heterocycles. The van der Waals surface area contributed by atoms with E-state index in [0.717, 1.165) is 17.5 Å². The van der Waals surface area contributed by atoms with E-state index in [0.29, 0.717) is 17.3 Å². The van der Waals surface area contributed by atoms with Crippen molar-refractivity contribution in [3.63, 3.8) is 0 Å². The van der Waals surface area contributed by atoms with E-state index in [1.165, 1.54) is 0 Å². The van der Waals surface area contributed by atoms with Gasteiger partial charge in [0.15, 0.2) is 0 Å². The maximum absolute atomic E-state index is 9.75. The number of aryl methyl sites for hydroxylation is 1. The van der Waals surface area contributed by atoms with E-state index in [1.54, 1.807) is 0 Å². The summed E-state index contributed by atoms with van der Waals surface area (Å²) in [6.07, 6.45) is 1.05. The Hall–Kier alpha value is -0.240. The van der Waals surface area contributed by atoms with Crippen LogP contribution in [0.15, 0.2) is 18.2 Å². The van der Waals surface area contributed by atoms with E-state index in [1.807, 2.05) is 25.1 Å². The van der Waals surface area contributed by atoms with Crippen LogP contribution in [0.3, 0.4) is 0 Å². The lowest BCUT2D eigenvalue weighted by Crippen LogP contribution is -1.98. The fourth-order valence-electron chi connectivity index (χ4n) is 1.25. The fraction of sp³-hybridized carbons (Fsp3) is 0.455. The minimum Gasteiger partial charge on any atom is -0.388 e. The van der Waals surface area contributed by atoms with Crippen molar-refractivity contribution in [2.45, 2.75) is 25.9 Å². The first-order chi connectivity index (χ1) is 6.65. The third kappa shape index (κ3) is 3.16. The fourth-order valence-corrected chi connectivity index (χ4v) is 1.60. The highest BCUT2D eigenvalue weighted by Gasteiger charge is 2.07. The van der Waals surface area contributed by atoms with Crippen LogP contribution in [0.1, 0.15) is 30.1 Å². The Morgan fingerprint density at radius 3 is 2.71 bits per heavy atom. The molecule has 0 amide bonds. The minimum absolute atomic E-state index is 0.452. The largest absolute Gasteiger partial charge is 0.388 e. The molecule has 1 aromatic carbocycles. The number of rotatable bonds is 4. The van der Waals surface area contributed by atoms with Crippen LogP contribution in [0.2, 0.25) is 5.02 Å². The van der Waals surface area contributed by atoms with Gasteiger partial charge in [0.2, 0.25) is 0 Å². The maximum atomic E-state index is 9.75. The molecule has 1 unspecified atom stereocenters. The van der Waals surface area contributed by atoms with Gasteiger partial charge in [-0.1, -0.05) is 23.7 Å². The summed E-state index contributed by atoms with van der Waals surface area (Å²) in [5, 5.41) is 10.5. The smallest absolute Gasteiger partial charge is 0.0791 e. The molecular formula is C11H14Cl2O. The Bertz CT molecular complexity index is 299. The molecule has 1 nitrogen and oxygen atoms in total. The molecule has 0 aliphatic heterocycles. The average molecular weight is 233 g/mol. The Balaban J connectivity index is 2.70. The summed E-state index contributed by atoms with van der Waals surface area (Å²) in [6.45, 7) is 1.94. The molecule has 0 bridgehead atoms. The predicted molar refractivity (Wildman–Crippen MR) is 61.1 cm³/mol. The summed E-state index contributed by atoms with van der Waals surface area (Å²) in [5.74, 6) is 0.580. The number of hydrogen-bond acceptors (Lipinski definition) is 1. The van der Waals surface area contributed by atoms with E-state index in [2.05, 4.69) is 0 Å². The van der Waals surface area contributed by atoms with Gasteiger partial charge >= 0.3 is 0 Å². The van der Waals surface area contributed by atoms with Crippen LogP contribution in [0.5, 0.6) is 0 Å². The van der Waals surface area contributed by atoms with Crippen molar-refractivity contribution in [1.82, 2.24) is 0 Å². The molecule has 14 heavy (non-hydrogen) atoms. The zero-order valence-electron chi connectivity index (χ0n) is 8.13. The van der Waals surface area contributed by atoms with Gasteiger partial charge in [0.05, 0.1) is 6.10 Å². The molecule has 0 saturated carbocycles. The highest BCUT2D eigenvalue weighted by atomic mass is 35.5. The van der Waals surface area contributed by atoms with Gasteiger partial charge in [-0.15, -0.1) is 11.6 Å². The SMILES string of the molecule is Cc1ccc(C(O)CCCCl)cc1Cl. The molecule has 1 N–H and O–H groups in total. The molecule has 1 aromatic rings. The summed E-state index contributed by atoms with van der Waals surface area (Å²) < 4.78 is 0. The molecule has 78 valence electrons. The molecule has 1 rings (SSSR count). The Labute approximate surface area is 94.7 Å². The standard InChI is InChI=1S/C11H14Cl2O/c1-8-4-5-9(7-10(8)13)11(14)3-2-6-12/h4-5,7,11,14H,2-3,6H2,1H3. The normalized spacial score (nSPS) is 12.9. The van der Waals surface area contributed by atoms with E-state index in [-0.39, 0.29) is 0 Å². The topological polar surface area (TPSA) is 20.2 Å². The average Bonchev–Trinajstić information content (AvgIpc) is 2.18. The highest BCUT2D eigenvalue weighted by Crippen LogP contribution is 2.24. The van der Waals surface area contributed by atoms with E-state index in [4.69, 9.17) is 23.2 Å². The first kappa shape index (κ1) is 11.8.